The molecular weight excluding hydrogens is 348 g/mol. The zero-order valence-electron chi connectivity index (χ0n) is 13.7. The van der Waals surface area contributed by atoms with Crippen LogP contribution in [0.4, 0.5) is 11.8 Å². The van der Waals surface area contributed by atoms with E-state index in [2.05, 4.69) is 9.97 Å². The van der Waals surface area contributed by atoms with Gasteiger partial charge in [0.05, 0.1) is 17.6 Å². The number of rotatable bonds is 3. The first-order valence-corrected chi connectivity index (χ1v) is 7.54. The zero-order chi connectivity index (χ0) is 19.4. The van der Waals surface area contributed by atoms with Crippen molar-refractivity contribution in [2.24, 2.45) is 5.73 Å². The van der Waals surface area contributed by atoms with Crippen molar-refractivity contribution in [3.8, 4) is 0 Å². The topological polar surface area (TPSA) is 213 Å². The summed E-state index contributed by atoms with van der Waals surface area (Å²) in [5, 5.41) is 30.1. The van der Waals surface area contributed by atoms with Crippen LogP contribution in [0.1, 0.15) is 23.5 Å². The second kappa shape index (κ2) is 5.88. The summed E-state index contributed by atoms with van der Waals surface area (Å²) in [6, 6.07) is 0.901. The average Bonchev–Trinajstić information content (AvgIpc) is 2.76. The number of fused-ring (bicyclic) bond motifs is 1. The highest BCUT2D eigenvalue weighted by atomic mass is 16.6. The van der Waals surface area contributed by atoms with Gasteiger partial charge in [0.2, 0.25) is 11.9 Å². The predicted molar refractivity (Wildman–Crippen MR) is 88.8 cm³/mol. The molecule has 0 radical (unpaired) electrons. The number of carbonyl (C=O) groups excluding carboxylic acids is 1. The zero-order valence-corrected chi connectivity index (χ0v) is 13.7. The first kappa shape index (κ1) is 18.0. The fourth-order valence-electron chi connectivity index (χ4n) is 3.07. The number of aliphatic hydroxyl groups excluding tert-OH is 2. The number of anilines is 2. The molecule has 4 atom stereocenters. The first-order valence-electron chi connectivity index (χ1n) is 7.54. The lowest BCUT2D eigenvalue weighted by atomic mass is 9.96. The summed E-state index contributed by atoms with van der Waals surface area (Å²) < 4.78 is 6.33. The molecule has 2 aromatic rings. The van der Waals surface area contributed by atoms with Crippen molar-refractivity contribution in [2.75, 3.05) is 18.1 Å². The van der Waals surface area contributed by atoms with E-state index >= 15 is 0 Å². The number of aromatic nitrogens is 3. The van der Waals surface area contributed by atoms with Crippen LogP contribution >= 0.6 is 0 Å². The minimum atomic E-state index is -1.97. The fourth-order valence-corrected chi connectivity index (χ4v) is 3.07. The van der Waals surface area contributed by atoms with Gasteiger partial charge in [0.1, 0.15) is 23.6 Å². The summed E-state index contributed by atoms with van der Waals surface area (Å²) in [7, 11) is 0. The average molecular weight is 366 g/mol. The van der Waals surface area contributed by atoms with Crippen LogP contribution in [-0.4, -0.2) is 60.2 Å². The van der Waals surface area contributed by atoms with Crippen LogP contribution in [0.25, 0.3) is 11.0 Å². The highest BCUT2D eigenvalue weighted by Crippen LogP contribution is 2.39. The number of hydrogen-bond donors (Lipinski definition) is 6. The number of aliphatic hydroxyl groups is 3. The van der Waals surface area contributed by atoms with E-state index in [1.807, 2.05) is 0 Å². The number of ether oxygens (including phenoxy) is 1. The molecule has 0 aliphatic carbocycles. The molecule has 1 amide bonds. The van der Waals surface area contributed by atoms with Crippen molar-refractivity contribution in [1.29, 1.82) is 0 Å². The molecule has 12 heteroatoms. The Kier molecular flexibility index (Phi) is 4.07. The van der Waals surface area contributed by atoms with Crippen LogP contribution in [0.5, 0.6) is 0 Å². The van der Waals surface area contributed by atoms with Gasteiger partial charge in [0.15, 0.2) is 11.9 Å². The summed E-state index contributed by atoms with van der Waals surface area (Å²) in [6.07, 6.45) is -4.09. The molecule has 1 aliphatic rings. The summed E-state index contributed by atoms with van der Waals surface area (Å²) in [6.45, 7) is 0.630. The second-order valence-electron chi connectivity index (χ2n) is 6.18. The van der Waals surface area contributed by atoms with Gasteiger partial charge in [0, 0.05) is 6.07 Å². The molecule has 1 saturated heterocycles. The quantitative estimate of drug-likeness (QED) is 0.325. The molecule has 1 aliphatic heterocycles. The Morgan fingerprint density at radius 3 is 2.62 bits per heavy atom. The Morgan fingerprint density at radius 1 is 1.42 bits per heavy atom. The first-order chi connectivity index (χ1) is 12.1. The van der Waals surface area contributed by atoms with Gasteiger partial charge in [-0.05, 0) is 6.92 Å². The van der Waals surface area contributed by atoms with Crippen molar-refractivity contribution in [1.82, 2.24) is 14.5 Å². The molecule has 0 aromatic carbocycles. The molecule has 26 heavy (non-hydrogen) atoms. The number of nitrogens with zero attached hydrogens (tertiary/aromatic N) is 3. The van der Waals surface area contributed by atoms with Crippen molar-refractivity contribution >= 4 is 28.7 Å². The van der Waals surface area contributed by atoms with E-state index in [1.165, 1.54) is 6.92 Å². The lowest BCUT2D eigenvalue weighted by molar-refractivity contribution is -0.0963. The minimum Gasteiger partial charge on any atom is -0.394 e. The molecule has 0 saturated carbocycles. The van der Waals surface area contributed by atoms with E-state index in [0.717, 1.165) is 10.6 Å². The van der Waals surface area contributed by atoms with Gasteiger partial charge >= 0.3 is 0 Å². The molecule has 0 unspecified atom stereocenters. The van der Waals surface area contributed by atoms with Crippen LogP contribution in [0.2, 0.25) is 0 Å². The Labute approximate surface area is 145 Å². The second-order valence-corrected chi connectivity index (χ2v) is 6.18. The summed E-state index contributed by atoms with van der Waals surface area (Å²) in [5.74, 6) is -1.43. The summed E-state index contributed by atoms with van der Waals surface area (Å²) in [5.41, 5.74) is 13.5. The van der Waals surface area contributed by atoms with E-state index in [-0.39, 0.29) is 28.4 Å². The van der Waals surface area contributed by atoms with Crippen LogP contribution in [0, 0.1) is 0 Å². The van der Waals surface area contributed by atoms with Gasteiger partial charge in [0.25, 0.3) is 5.56 Å². The Morgan fingerprint density at radius 2 is 2.08 bits per heavy atom. The number of nitrogen functional groups attached to an aromatic ring is 2. The largest absolute Gasteiger partial charge is 0.394 e. The van der Waals surface area contributed by atoms with Crippen molar-refractivity contribution in [2.45, 2.75) is 31.0 Å². The lowest BCUT2D eigenvalue weighted by Gasteiger charge is -2.28. The Balaban J connectivity index is 2.38. The van der Waals surface area contributed by atoms with E-state index in [0.29, 0.717) is 0 Å². The van der Waals surface area contributed by atoms with Gasteiger partial charge in [-0.1, -0.05) is 0 Å². The van der Waals surface area contributed by atoms with Crippen LogP contribution in [0.3, 0.4) is 0 Å². The predicted octanol–water partition coefficient (Wildman–Crippen LogP) is -2.94. The van der Waals surface area contributed by atoms with Crippen LogP contribution in [-0.2, 0) is 4.74 Å². The number of pyridine rings is 1. The maximum atomic E-state index is 12.6. The molecule has 12 nitrogen and oxygen atoms in total. The fraction of sp³-hybridized carbons (Fsp3) is 0.429. The number of hydrogen-bond acceptors (Lipinski definition) is 10. The molecule has 3 heterocycles. The third kappa shape index (κ3) is 2.47. The number of nitrogens with two attached hydrogens (primary N) is 3. The SMILES string of the molecule is C[C@@]1(O)[C@H](O)[C@@H](CO)O[C@H]1n1c(=O)cc(C(N)=O)c2c(N)nc(N)nc21. The maximum absolute atomic E-state index is 12.6. The van der Waals surface area contributed by atoms with Crippen molar-refractivity contribution in [3.63, 3.8) is 0 Å². The van der Waals surface area contributed by atoms with E-state index < -0.39 is 42.1 Å². The third-order valence-electron chi connectivity index (χ3n) is 4.37. The number of carbonyl (C=O) groups is 1. The third-order valence-corrected chi connectivity index (χ3v) is 4.37. The molecule has 2 aromatic heterocycles. The monoisotopic (exact) mass is 366 g/mol. The van der Waals surface area contributed by atoms with E-state index in [4.69, 9.17) is 21.9 Å². The summed E-state index contributed by atoms with van der Waals surface area (Å²) >= 11 is 0. The van der Waals surface area contributed by atoms with Gasteiger partial charge in [-0.3, -0.25) is 14.2 Å². The van der Waals surface area contributed by atoms with Gasteiger partial charge in [-0.15, -0.1) is 0 Å². The Bertz CT molecular complexity index is 957. The van der Waals surface area contributed by atoms with Gasteiger partial charge in [-0.25, -0.2) is 0 Å². The van der Waals surface area contributed by atoms with Gasteiger partial charge < -0.3 is 37.3 Å². The molecule has 0 spiro atoms. The Hall–Kier alpha value is -2.80. The smallest absolute Gasteiger partial charge is 0.255 e. The van der Waals surface area contributed by atoms with E-state index in [9.17, 15) is 24.9 Å². The number of primary amides is 1. The maximum Gasteiger partial charge on any atom is 0.255 e. The van der Waals surface area contributed by atoms with Crippen molar-refractivity contribution in [3.05, 3.63) is 22.0 Å². The van der Waals surface area contributed by atoms with Gasteiger partial charge in [-0.2, -0.15) is 9.97 Å². The molecule has 9 N–H and O–H groups in total. The lowest BCUT2D eigenvalue weighted by Crippen LogP contribution is -2.46. The number of amides is 1. The highest BCUT2D eigenvalue weighted by Gasteiger charge is 2.53. The molecule has 0 bridgehead atoms. The molecular formula is C14H18N6O6. The molecule has 3 rings (SSSR count). The summed E-state index contributed by atoms with van der Waals surface area (Å²) in [4.78, 5) is 32.0. The highest BCUT2D eigenvalue weighted by molar-refractivity contribution is 6.08. The molecule has 140 valence electrons. The van der Waals surface area contributed by atoms with E-state index in [1.54, 1.807) is 0 Å². The molecule has 1 fully saturated rings. The normalized spacial score (nSPS) is 28.5. The van der Waals surface area contributed by atoms with Crippen LogP contribution < -0.4 is 22.8 Å². The minimum absolute atomic E-state index is 0.0485. The standard InChI is InChI=1S/C14H18N6O6/c1-14(25)8(23)5(3-21)26-12(14)20-6(22)2-4(10(16)24)7-9(15)18-13(17)19-11(7)20/h2,5,8,12,21,23,25H,3H2,1H3,(H2,16,24)(H4,15,17,18,19)/t5-,8-,12-,14-/m1/s1. The van der Waals surface area contributed by atoms with Crippen LogP contribution in [0.15, 0.2) is 10.9 Å². The van der Waals surface area contributed by atoms with Crippen molar-refractivity contribution < 1.29 is 24.9 Å².